The maximum Gasteiger partial charge on any atom is 0.408 e. The Kier molecular flexibility index (Phi) is 8.29. The Hall–Kier alpha value is -4.54. The van der Waals surface area contributed by atoms with Crippen LogP contribution in [0.1, 0.15) is 34.5 Å². The second-order valence-electron chi connectivity index (χ2n) is 9.99. The highest BCUT2D eigenvalue weighted by Crippen LogP contribution is 2.35. The van der Waals surface area contributed by atoms with Crippen molar-refractivity contribution in [2.75, 3.05) is 0 Å². The van der Waals surface area contributed by atoms with Gasteiger partial charge in [-0.05, 0) is 32.6 Å². The summed E-state index contributed by atoms with van der Waals surface area (Å²) in [5.74, 6) is 0. The van der Waals surface area contributed by atoms with Crippen LogP contribution < -0.4 is 10.4 Å². The first-order valence-electron chi connectivity index (χ1n) is 14.0. The van der Waals surface area contributed by atoms with Gasteiger partial charge in [-0.2, -0.15) is 0 Å². The molecule has 0 heterocycles. The highest BCUT2D eigenvalue weighted by molar-refractivity contribution is 6.92. The minimum absolute atomic E-state index is 0.336. The van der Waals surface area contributed by atoms with Gasteiger partial charge in [0.1, 0.15) is 0 Å². The van der Waals surface area contributed by atoms with Gasteiger partial charge in [-0.1, -0.05) is 182 Å². The Labute approximate surface area is 243 Å². The molecule has 0 unspecified atom stereocenters. The van der Waals surface area contributed by atoms with Crippen molar-refractivity contribution in [1.82, 2.24) is 0 Å². The Morgan fingerprint density at radius 2 is 0.512 bits per heavy atom. The highest BCUT2D eigenvalue weighted by Gasteiger charge is 2.47. The zero-order chi connectivity index (χ0) is 27.7. The summed E-state index contributed by atoms with van der Waals surface area (Å²) in [5, 5.41) is 2.11. The van der Waals surface area contributed by atoms with Gasteiger partial charge in [-0.15, -0.1) is 0 Å². The lowest BCUT2D eigenvalue weighted by Crippen LogP contribution is -2.64. The van der Waals surface area contributed by atoms with Crippen LogP contribution in [-0.2, 0) is 8.85 Å². The molecule has 0 bridgehead atoms. The molecule has 0 N–H and O–H groups in total. The molecule has 0 fully saturated rings. The van der Waals surface area contributed by atoms with Gasteiger partial charge >= 0.3 is 8.56 Å². The second-order valence-corrected chi connectivity index (χ2v) is 12.8. The lowest BCUT2D eigenvalue weighted by Gasteiger charge is -2.38. The number of hydrogen-bond acceptors (Lipinski definition) is 2. The fourth-order valence-electron chi connectivity index (χ4n) is 5.28. The number of hydrogen-bond donors (Lipinski definition) is 0. The summed E-state index contributed by atoms with van der Waals surface area (Å²) in [6.45, 7) is 0. The van der Waals surface area contributed by atoms with Crippen LogP contribution >= 0.6 is 0 Å². The smallest absolute Gasteiger partial charge is 0.376 e. The van der Waals surface area contributed by atoms with Crippen LogP contribution in [0.15, 0.2) is 182 Å². The molecule has 2 nitrogen and oxygen atoms in total. The SMILES string of the molecule is c1ccc(C(O[Si](OC(c2ccccc2)c2ccccc2)(c2ccccc2)c2ccccc2)c2ccccc2)cc1. The van der Waals surface area contributed by atoms with E-state index >= 15 is 0 Å². The zero-order valence-corrected chi connectivity index (χ0v) is 23.8. The summed E-state index contributed by atoms with van der Waals surface area (Å²) in [5.41, 5.74) is 4.34. The summed E-state index contributed by atoms with van der Waals surface area (Å²) >= 11 is 0. The van der Waals surface area contributed by atoms with Gasteiger partial charge in [0, 0.05) is 0 Å². The third-order valence-electron chi connectivity index (χ3n) is 7.28. The van der Waals surface area contributed by atoms with E-state index in [1.165, 1.54) is 0 Å². The fourth-order valence-corrected chi connectivity index (χ4v) is 8.69. The van der Waals surface area contributed by atoms with Gasteiger partial charge in [-0.3, -0.25) is 0 Å². The van der Waals surface area contributed by atoms with Crippen molar-refractivity contribution in [2.45, 2.75) is 12.2 Å². The summed E-state index contributed by atoms with van der Waals surface area (Å²) in [6.07, 6.45) is -0.673. The summed E-state index contributed by atoms with van der Waals surface area (Å²) in [7, 11) is -3.41. The maximum absolute atomic E-state index is 7.57. The Bertz CT molecular complexity index is 1410. The third kappa shape index (κ3) is 5.98. The number of rotatable bonds is 10. The highest BCUT2D eigenvalue weighted by atomic mass is 28.4. The topological polar surface area (TPSA) is 18.5 Å². The first-order valence-corrected chi connectivity index (χ1v) is 15.8. The molecule has 0 saturated carbocycles. The first kappa shape index (κ1) is 26.7. The van der Waals surface area contributed by atoms with Crippen LogP contribution in [0.3, 0.4) is 0 Å². The second kappa shape index (κ2) is 12.8. The molecule has 6 aromatic rings. The van der Waals surface area contributed by atoms with Crippen molar-refractivity contribution < 1.29 is 8.85 Å². The molecule has 0 aliphatic carbocycles. The fraction of sp³-hybridized carbons (Fsp3) is 0.0526. The molecule has 6 rings (SSSR count). The van der Waals surface area contributed by atoms with Crippen LogP contribution in [-0.4, -0.2) is 8.56 Å². The van der Waals surface area contributed by atoms with Gasteiger partial charge < -0.3 is 8.85 Å². The van der Waals surface area contributed by atoms with E-state index < -0.39 is 8.56 Å². The molecule has 0 spiro atoms. The van der Waals surface area contributed by atoms with Crippen LogP contribution in [0, 0.1) is 0 Å². The van der Waals surface area contributed by atoms with Crippen molar-refractivity contribution in [3.8, 4) is 0 Å². The zero-order valence-electron chi connectivity index (χ0n) is 22.8. The molecule has 0 radical (unpaired) electrons. The largest absolute Gasteiger partial charge is 0.408 e. The quantitative estimate of drug-likeness (QED) is 0.162. The molecule has 200 valence electrons. The monoisotopic (exact) mass is 548 g/mol. The summed E-state index contributed by atoms with van der Waals surface area (Å²) in [4.78, 5) is 0. The normalized spacial score (nSPS) is 11.6. The Morgan fingerprint density at radius 1 is 0.293 bits per heavy atom. The third-order valence-corrected chi connectivity index (χ3v) is 10.6. The Morgan fingerprint density at radius 3 is 0.756 bits per heavy atom. The van der Waals surface area contributed by atoms with E-state index in [2.05, 4.69) is 146 Å². The molecular formula is C38H32O2Si. The predicted molar refractivity (Wildman–Crippen MR) is 170 cm³/mol. The van der Waals surface area contributed by atoms with E-state index in [0.717, 1.165) is 32.6 Å². The lowest BCUT2D eigenvalue weighted by atomic mass is 10.0. The first-order chi connectivity index (χ1) is 20.3. The van der Waals surface area contributed by atoms with Gasteiger partial charge in [0.2, 0.25) is 0 Å². The number of benzene rings is 6. The van der Waals surface area contributed by atoms with E-state index in [1.807, 2.05) is 36.4 Å². The van der Waals surface area contributed by atoms with Crippen molar-refractivity contribution in [3.63, 3.8) is 0 Å². The molecule has 41 heavy (non-hydrogen) atoms. The van der Waals surface area contributed by atoms with Crippen molar-refractivity contribution in [3.05, 3.63) is 204 Å². The van der Waals surface area contributed by atoms with Crippen molar-refractivity contribution >= 4 is 18.9 Å². The molecular weight excluding hydrogens is 517 g/mol. The molecule has 0 amide bonds. The molecule has 0 atom stereocenters. The van der Waals surface area contributed by atoms with E-state index in [0.29, 0.717) is 0 Å². The van der Waals surface area contributed by atoms with Crippen LogP contribution in [0.5, 0.6) is 0 Å². The lowest BCUT2D eigenvalue weighted by molar-refractivity contribution is 0.127. The maximum atomic E-state index is 7.57. The summed E-state index contributed by atoms with van der Waals surface area (Å²) < 4.78 is 15.1. The van der Waals surface area contributed by atoms with Gasteiger partial charge in [0.15, 0.2) is 0 Å². The van der Waals surface area contributed by atoms with E-state index in [9.17, 15) is 0 Å². The molecule has 0 aromatic heterocycles. The Balaban J connectivity index is 1.59. The van der Waals surface area contributed by atoms with E-state index in [-0.39, 0.29) is 12.2 Å². The van der Waals surface area contributed by atoms with Crippen LogP contribution in [0.2, 0.25) is 0 Å². The van der Waals surface area contributed by atoms with Gasteiger partial charge in [0.05, 0.1) is 12.2 Å². The molecule has 0 aliphatic heterocycles. The van der Waals surface area contributed by atoms with Crippen LogP contribution in [0.25, 0.3) is 0 Å². The summed E-state index contributed by atoms with van der Waals surface area (Å²) in [6, 6.07) is 62.8. The molecule has 6 aromatic carbocycles. The minimum Gasteiger partial charge on any atom is -0.376 e. The van der Waals surface area contributed by atoms with Gasteiger partial charge in [-0.25, -0.2) is 0 Å². The molecule has 0 aliphatic rings. The average Bonchev–Trinajstić information content (AvgIpc) is 3.07. The average molecular weight is 549 g/mol. The van der Waals surface area contributed by atoms with Crippen LogP contribution in [0.4, 0.5) is 0 Å². The molecule has 0 saturated heterocycles. The predicted octanol–water partition coefficient (Wildman–Crippen LogP) is 7.86. The van der Waals surface area contributed by atoms with E-state index in [4.69, 9.17) is 8.85 Å². The van der Waals surface area contributed by atoms with Gasteiger partial charge in [0.25, 0.3) is 0 Å². The standard InChI is InChI=1S/C38H32O2Si/c1-7-19-31(20-8-1)37(32-21-9-2-10-22-32)39-41(35-27-15-5-16-28-35,36-29-17-6-18-30-36)40-38(33-23-11-3-12-24-33)34-25-13-4-14-26-34/h1-30,37-38H. The molecule has 3 heteroatoms. The van der Waals surface area contributed by atoms with E-state index in [1.54, 1.807) is 0 Å². The van der Waals surface area contributed by atoms with Crippen molar-refractivity contribution in [1.29, 1.82) is 0 Å². The minimum atomic E-state index is -3.41. The van der Waals surface area contributed by atoms with Crippen molar-refractivity contribution in [2.24, 2.45) is 0 Å².